The van der Waals surface area contributed by atoms with Crippen LogP contribution in [-0.4, -0.2) is 4.21 Å². The number of nitrogens with zero attached hydrogens (tertiary/aromatic N) is 1. The first-order chi connectivity index (χ1) is 5.24. The van der Waals surface area contributed by atoms with Crippen LogP contribution in [0.4, 0.5) is 5.69 Å². The third-order valence-corrected chi connectivity index (χ3v) is 1.87. The van der Waals surface area contributed by atoms with Gasteiger partial charge in [-0.25, -0.2) is 0 Å². The summed E-state index contributed by atoms with van der Waals surface area (Å²) in [5, 5.41) is 0.944. The number of hydrogen-bond acceptors (Lipinski definition) is 2. The van der Waals surface area contributed by atoms with E-state index >= 15 is 0 Å². The van der Waals surface area contributed by atoms with Gasteiger partial charge in [0.2, 0.25) is 11.5 Å². The highest BCUT2D eigenvalue weighted by Gasteiger charge is 1.97. The maximum atomic E-state index is 10.0. The molecule has 11 heavy (non-hydrogen) atoms. The quantitative estimate of drug-likeness (QED) is 0.697. The van der Waals surface area contributed by atoms with Crippen LogP contribution in [0.3, 0.4) is 0 Å². The lowest BCUT2D eigenvalue weighted by Gasteiger charge is -1.94. The van der Waals surface area contributed by atoms with Gasteiger partial charge in [-0.2, -0.15) is 8.57 Å². The highest BCUT2D eigenvalue weighted by atomic mass is 35.5. The average Bonchev–Trinajstić information content (AvgIpc) is 1.98. The van der Waals surface area contributed by atoms with Crippen LogP contribution in [0.25, 0.3) is 0 Å². The minimum Gasteiger partial charge on any atom is -0.191 e. The van der Waals surface area contributed by atoms with E-state index in [2.05, 4.69) is 4.36 Å². The molecule has 0 radical (unpaired) electrons. The van der Waals surface area contributed by atoms with Crippen molar-refractivity contribution >= 4 is 40.4 Å². The zero-order valence-corrected chi connectivity index (χ0v) is 7.58. The molecule has 58 valence electrons. The van der Waals surface area contributed by atoms with Crippen molar-refractivity contribution in [2.45, 2.75) is 0 Å². The lowest BCUT2D eigenvalue weighted by atomic mass is 10.3. The van der Waals surface area contributed by atoms with Crippen LogP contribution in [0.15, 0.2) is 22.6 Å². The molecule has 0 aliphatic carbocycles. The maximum Gasteiger partial charge on any atom is 0.205 e. The molecule has 1 aromatic carbocycles. The molecule has 0 spiro atoms. The molecule has 0 aliphatic heterocycles. The first kappa shape index (κ1) is 8.71. The van der Waals surface area contributed by atoms with Crippen molar-refractivity contribution in [1.29, 1.82) is 0 Å². The van der Waals surface area contributed by atoms with Gasteiger partial charge < -0.3 is 0 Å². The Balaban J connectivity index is 3.22. The Morgan fingerprint density at radius 2 is 2.09 bits per heavy atom. The molecule has 2 nitrogen and oxygen atoms in total. The Morgan fingerprint density at radius 1 is 1.36 bits per heavy atom. The van der Waals surface area contributed by atoms with Gasteiger partial charge in [-0.05, 0) is 18.2 Å². The summed E-state index contributed by atoms with van der Waals surface area (Å²) in [6.45, 7) is 0. The van der Waals surface area contributed by atoms with Crippen molar-refractivity contribution in [2.24, 2.45) is 4.36 Å². The predicted molar refractivity (Wildman–Crippen MR) is 46.7 cm³/mol. The van der Waals surface area contributed by atoms with Gasteiger partial charge in [-0.1, -0.05) is 23.2 Å². The molecule has 0 aromatic heterocycles. The van der Waals surface area contributed by atoms with Gasteiger partial charge in [0.1, 0.15) is 0 Å². The van der Waals surface area contributed by atoms with Crippen LogP contribution in [0, 0.1) is 0 Å². The second-order valence-electron chi connectivity index (χ2n) is 1.76. The van der Waals surface area contributed by atoms with Gasteiger partial charge in [-0.15, -0.1) is 0 Å². The summed E-state index contributed by atoms with van der Waals surface area (Å²) in [4.78, 5) is 0. The Labute approximate surface area is 77.4 Å². The minimum absolute atomic E-state index is 0.110. The second kappa shape index (κ2) is 3.85. The normalized spacial score (nSPS) is 9.27. The van der Waals surface area contributed by atoms with Gasteiger partial charge in [0.05, 0.1) is 10.7 Å². The van der Waals surface area contributed by atoms with Gasteiger partial charge in [0.25, 0.3) is 0 Å². The molecule has 0 saturated carbocycles. The Hall–Kier alpha value is -0.380. The molecule has 0 heterocycles. The third-order valence-electron chi connectivity index (χ3n) is 1.04. The molecule has 0 aliphatic rings. The van der Waals surface area contributed by atoms with Crippen molar-refractivity contribution in [3.8, 4) is 0 Å². The van der Waals surface area contributed by atoms with E-state index < -0.39 is 0 Å². The van der Waals surface area contributed by atoms with E-state index in [0.717, 1.165) is 0 Å². The fourth-order valence-electron chi connectivity index (χ4n) is 0.596. The smallest absolute Gasteiger partial charge is 0.191 e. The van der Waals surface area contributed by atoms with E-state index in [9.17, 15) is 4.21 Å². The molecule has 1 rings (SSSR count). The van der Waals surface area contributed by atoms with Crippen LogP contribution in [0.5, 0.6) is 0 Å². The largest absolute Gasteiger partial charge is 0.205 e. The molecule has 0 bridgehead atoms. The SMILES string of the molecule is O=S=Nc1cc(Cl)ccc1Cl. The second-order valence-corrected chi connectivity index (χ2v) is 2.94. The molecule has 5 heteroatoms. The number of halogens is 2. The minimum atomic E-state index is 0.110. The van der Waals surface area contributed by atoms with E-state index in [0.29, 0.717) is 15.7 Å². The van der Waals surface area contributed by atoms with Gasteiger partial charge in [0, 0.05) is 5.02 Å². The van der Waals surface area contributed by atoms with Crippen molar-refractivity contribution < 1.29 is 4.21 Å². The summed E-state index contributed by atoms with van der Waals surface area (Å²) >= 11 is 11.4. The topological polar surface area (TPSA) is 29.4 Å². The summed E-state index contributed by atoms with van der Waals surface area (Å²) in [6, 6.07) is 4.77. The van der Waals surface area contributed by atoms with Gasteiger partial charge in [0.15, 0.2) is 0 Å². The molecule has 0 amide bonds. The van der Waals surface area contributed by atoms with E-state index in [1.54, 1.807) is 12.1 Å². The fraction of sp³-hybridized carbons (Fsp3) is 0. The molecule has 0 N–H and O–H groups in total. The predicted octanol–water partition coefficient (Wildman–Crippen LogP) is 3.02. The van der Waals surface area contributed by atoms with Crippen LogP contribution >= 0.6 is 23.2 Å². The Kier molecular flexibility index (Phi) is 3.05. The summed E-state index contributed by atoms with van der Waals surface area (Å²) in [7, 11) is 0. The number of hydrogen-bond donors (Lipinski definition) is 0. The monoisotopic (exact) mass is 207 g/mol. The van der Waals surface area contributed by atoms with Crippen molar-refractivity contribution in [2.75, 3.05) is 0 Å². The zero-order chi connectivity index (χ0) is 8.27. The van der Waals surface area contributed by atoms with Crippen molar-refractivity contribution in [1.82, 2.24) is 0 Å². The van der Waals surface area contributed by atoms with Crippen LogP contribution in [0.2, 0.25) is 10.0 Å². The van der Waals surface area contributed by atoms with E-state index in [-0.39, 0.29) is 11.5 Å². The van der Waals surface area contributed by atoms with Gasteiger partial charge in [-0.3, -0.25) is 0 Å². The summed E-state index contributed by atoms with van der Waals surface area (Å²) in [5.41, 5.74) is 0.416. The third kappa shape index (κ3) is 2.29. The summed E-state index contributed by atoms with van der Waals surface area (Å²) in [6.07, 6.45) is 0. The van der Waals surface area contributed by atoms with E-state index in [1.165, 1.54) is 6.07 Å². The first-order valence-electron chi connectivity index (χ1n) is 2.69. The standard InChI is InChI=1S/C6H3Cl2NOS/c7-4-1-2-5(8)6(3-4)9-11-10/h1-3H. The lowest BCUT2D eigenvalue weighted by molar-refractivity contribution is 0.698. The van der Waals surface area contributed by atoms with Crippen LogP contribution in [0.1, 0.15) is 0 Å². The molecule has 0 fully saturated rings. The first-order valence-corrected chi connectivity index (χ1v) is 4.14. The zero-order valence-electron chi connectivity index (χ0n) is 5.25. The Bertz CT molecular complexity index is 322. The van der Waals surface area contributed by atoms with Crippen molar-refractivity contribution in [3.63, 3.8) is 0 Å². The van der Waals surface area contributed by atoms with E-state index in [4.69, 9.17) is 23.2 Å². The van der Waals surface area contributed by atoms with Crippen molar-refractivity contribution in [3.05, 3.63) is 28.2 Å². The number of rotatable bonds is 1. The van der Waals surface area contributed by atoms with E-state index in [1.807, 2.05) is 0 Å². The number of benzene rings is 1. The van der Waals surface area contributed by atoms with Crippen LogP contribution < -0.4 is 0 Å². The molecular formula is C6H3Cl2NOS. The van der Waals surface area contributed by atoms with Gasteiger partial charge >= 0.3 is 0 Å². The maximum absolute atomic E-state index is 10.0. The summed E-state index contributed by atoms with van der Waals surface area (Å²) < 4.78 is 13.5. The lowest BCUT2D eigenvalue weighted by Crippen LogP contribution is -1.67. The highest BCUT2D eigenvalue weighted by molar-refractivity contribution is 7.54. The molecular weight excluding hydrogens is 205 g/mol. The molecule has 0 atom stereocenters. The average molecular weight is 208 g/mol. The molecule has 0 unspecified atom stereocenters. The molecule has 1 aromatic rings. The summed E-state index contributed by atoms with van der Waals surface area (Å²) in [5.74, 6) is 0. The highest BCUT2D eigenvalue weighted by Crippen LogP contribution is 2.27. The molecule has 0 saturated heterocycles. The van der Waals surface area contributed by atoms with Crippen LogP contribution in [-0.2, 0) is 11.5 Å². The Morgan fingerprint density at radius 3 is 2.73 bits per heavy atom. The fourth-order valence-corrected chi connectivity index (χ4v) is 1.20.